The molecule has 5 rings (SSSR count). The van der Waals surface area contributed by atoms with Gasteiger partial charge in [-0.05, 0) is 90.6 Å². The topological polar surface area (TPSA) is 32.3 Å². The largest absolute Gasteiger partial charge is 0.508 e. The number of hydrogen-bond donors (Lipinski definition) is 2. The quantitative estimate of drug-likeness (QED) is 0.346. The molecular weight excluding hydrogens is 462 g/mol. The van der Waals surface area contributed by atoms with Crippen LogP contribution in [0.5, 0.6) is 5.75 Å². The second kappa shape index (κ2) is 16.5. The highest BCUT2D eigenvalue weighted by Crippen LogP contribution is 2.47. The Morgan fingerprint density at radius 3 is 1.97 bits per heavy atom. The summed E-state index contributed by atoms with van der Waals surface area (Å²) < 4.78 is 0. The molecular formula is C33H46ClNO. The van der Waals surface area contributed by atoms with Crippen molar-refractivity contribution in [2.45, 2.75) is 77.6 Å². The molecule has 1 saturated heterocycles. The van der Waals surface area contributed by atoms with Crippen LogP contribution in [0.1, 0.15) is 98.9 Å². The molecule has 3 aromatic rings. The molecule has 0 radical (unpaired) electrons. The van der Waals surface area contributed by atoms with Crippen molar-refractivity contribution in [1.82, 2.24) is 5.32 Å². The third-order valence-electron chi connectivity index (χ3n) is 6.92. The number of halogens is 1. The van der Waals surface area contributed by atoms with Gasteiger partial charge in [0.2, 0.25) is 0 Å². The van der Waals surface area contributed by atoms with Crippen molar-refractivity contribution in [3.63, 3.8) is 0 Å². The second-order valence-electron chi connectivity index (χ2n) is 9.31. The van der Waals surface area contributed by atoms with E-state index < -0.39 is 0 Å². The molecule has 0 bridgehead atoms. The Morgan fingerprint density at radius 2 is 1.36 bits per heavy atom. The lowest BCUT2D eigenvalue weighted by Crippen LogP contribution is -2.26. The Hall–Kier alpha value is -2.29. The Bertz CT molecular complexity index is 980. The summed E-state index contributed by atoms with van der Waals surface area (Å²) in [7, 11) is 0. The predicted molar refractivity (Wildman–Crippen MR) is 158 cm³/mol. The highest BCUT2D eigenvalue weighted by molar-refractivity contribution is 6.15. The minimum Gasteiger partial charge on any atom is -0.508 e. The van der Waals surface area contributed by atoms with Gasteiger partial charge in [0, 0.05) is 12.3 Å². The Morgan fingerprint density at radius 1 is 0.778 bits per heavy atom. The van der Waals surface area contributed by atoms with Crippen LogP contribution in [0.15, 0.2) is 72.8 Å². The van der Waals surface area contributed by atoms with E-state index in [1.54, 1.807) is 0 Å². The van der Waals surface area contributed by atoms with Gasteiger partial charge in [0.05, 0.1) is 0 Å². The van der Waals surface area contributed by atoms with Gasteiger partial charge in [-0.1, -0.05) is 94.8 Å². The molecule has 2 atom stereocenters. The first-order valence-electron chi connectivity index (χ1n) is 13.8. The summed E-state index contributed by atoms with van der Waals surface area (Å²) in [4.78, 5) is 0. The minimum absolute atomic E-state index is 0.337. The van der Waals surface area contributed by atoms with Gasteiger partial charge in [0.25, 0.3) is 0 Å². The van der Waals surface area contributed by atoms with Crippen LogP contribution in [-0.4, -0.2) is 24.6 Å². The molecule has 0 aromatic heterocycles. The van der Waals surface area contributed by atoms with E-state index in [1.807, 2.05) is 26.0 Å². The molecule has 1 fully saturated rings. The van der Waals surface area contributed by atoms with Crippen LogP contribution in [0.4, 0.5) is 0 Å². The molecule has 3 aromatic carbocycles. The fourth-order valence-electron chi connectivity index (χ4n) is 5.41. The van der Waals surface area contributed by atoms with E-state index in [0.717, 1.165) is 25.9 Å². The lowest BCUT2D eigenvalue weighted by atomic mass is 9.69. The number of benzene rings is 3. The fraction of sp³-hybridized carbons (Fsp3) is 0.455. The highest BCUT2D eigenvalue weighted by atomic mass is 35.5. The maximum Gasteiger partial charge on any atom is 0.115 e. The summed E-state index contributed by atoms with van der Waals surface area (Å²) in [5.74, 6) is 1.87. The second-order valence-corrected chi connectivity index (χ2v) is 9.31. The number of phenolic OH excluding ortho intramolecular Hbond substituents is 1. The molecule has 3 heteroatoms. The summed E-state index contributed by atoms with van der Waals surface area (Å²) in [6.45, 7) is 10.5. The van der Waals surface area contributed by atoms with Crippen molar-refractivity contribution in [3.8, 4) is 5.75 Å². The summed E-state index contributed by atoms with van der Waals surface area (Å²) in [6, 6.07) is 26.3. The molecule has 2 N–H and O–H groups in total. The Balaban J connectivity index is 0.000000596. The summed E-state index contributed by atoms with van der Waals surface area (Å²) in [6.07, 6.45) is 7.32. The van der Waals surface area contributed by atoms with Crippen molar-refractivity contribution in [1.29, 1.82) is 0 Å². The van der Waals surface area contributed by atoms with Crippen LogP contribution < -0.4 is 5.32 Å². The normalized spacial score (nSPS) is 18.7. The summed E-state index contributed by atoms with van der Waals surface area (Å²) >= 11 is 4.64. The van der Waals surface area contributed by atoms with E-state index in [2.05, 4.69) is 91.4 Å². The van der Waals surface area contributed by atoms with Crippen LogP contribution in [0.3, 0.4) is 0 Å². The van der Waals surface area contributed by atoms with Gasteiger partial charge in [-0.25, -0.2) is 0 Å². The van der Waals surface area contributed by atoms with E-state index >= 15 is 0 Å². The molecule has 196 valence electrons. The van der Waals surface area contributed by atoms with Gasteiger partial charge in [-0.3, -0.25) is 0 Å². The van der Waals surface area contributed by atoms with Crippen molar-refractivity contribution in [3.05, 3.63) is 101 Å². The summed E-state index contributed by atoms with van der Waals surface area (Å²) in [5.41, 5.74) is 6.96. The number of nitrogens with one attached hydrogen (secondary N) is 1. The first-order valence-corrected chi connectivity index (χ1v) is 14.5. The summed E-state index contributed by atoms with van der Waals surface area (Å²) in [5, 5.41) is 13.5. The van der Waals surface area contributed by atoms with Crippen molar-refractivity contribution in [2.75, 3.05) is 19.5 Å². The molecule has 1 aliphatic heterocycles. The van der Waals surface area contributed by atoms with E-state index in [4.69, 9.17) is 0 Å². The van der Waals surface area contributed by atoms with Crippen LogP contribution >= 0.6 is 11.6 Å². The first kappa shape index (κ1) is 29.9. The maximum absolute atomic E-state index is 10.0. The van der Waals surface area contributed by atoms with Gasteiger partial charge < -0.3 is 10.4 Å². The van der Waals surface area contributed by atoms with E-state index in [1.165, 1.54) is 53.5 Å². The third-order valence-corrected chi connectivity index (χ3v) is 6.92. The predicted octanol–water partition coefficient (Wildman–Crippen LogP) is 9.02. The third kappa shape index (κ3) is 7.85. The number of piperidine rings is 1. The smallest absolute Gasteiger partial charge is 0.115 e. The monoisotopic (exact) mass is 507 g/mol. The number of alkyl halides is 1. The Labute approximate surface area is 225 Å². The van der Waals surface area contributed by atoms with Crippen molar-refractivity contribution in [2.24, 2.45) is 0 Å². The van der Waals surface area contributed by atoms with E-state index in [9.17, 15) is 5.11 Å². The molecule has 0 amide bonds. The zero-order chi connectivity index (χ0) is 26.3. The standard InChI is InChI=1S/C27H29NO.C3H8.C2H6.CH3Cl/c29-24-11-13-26-23(18-24)10-12-25(21-4-2-1-3-5-21)27(26)22-8-6-19(7-9-22)20-14-16-28-17-15-20;1-3-2;2*1-2/h1-9,11,13,18,20,25,27-29H,10,12,14-17H2;3H2,1-2H3;1-2H3;1H3. The number of rotatable bonds is 3. The molecule has 0 saturated carbocycles. The van der Waals surface area contributed by atoms with Crippen LogP contribution in [0.25, 0.3) is 0 Å². The molecule has 1 aliphatic carbocycles. The molecule has 36 heavy (non-hydrogen) atoms. The van der Waals surface area contributed by atoms with Crippen LogP contribution in [-0.2, 0) is 6.42 Å². The van der Waals surface area contributed by atoms with Crippen molar-refractivity contribution >= 4 is 11.6 Å². The lowest BCUT2D eigenvalue weighted by molar-refractivity contribution is 0.460. The first-order chi connectivity index (χ1) is 17.7. The fourth-order valence-corrected chi connectivity index (χ4v) is 5.41. The average Bonchev–Trinajstić information content (AvgIpc) is 2.96. The van der Waals surface area contributed by atoms with Gasteiger partial charge in [0.15, 0.2) is 0 Å². The maximum atomic E-state index is 10.0. The Kier molecular flexibility index (Phi) is 13.7. The number of fused-ring (bicyclic) bond motifs is 1. The van der Waals surface area contributed by atoms with Crippen LogP contribution in [0, 0.1) is 0 Å². The van der Waals surface area contributed by atoms with Gasteiger partial charge >= 0.3 is 0 Å². The lowest BCUT2D eigenvalue weighted by Gasteiger charge is -2.35. The van der Waals surface area contributed by atoms with E-state index in [-0.39, 0.29) is 0 Å². The van der Waals surface area contributed by atoms with Gasteiger partial charge in [-0.15, -0.1) is 11.6 Å². The molecule has 1 heterocycles. The van der Waals surface area contributed by atoms with E-state index in [0.29, 0.717) is 23.5 Å². The number of hydrogen-bond acceptors (Lipinski definition) is 2. The molecule has 2 unspecified atom stereocenters. The molecule has 0 spiro atoms. The number of aryl methyl sites for hydroxylation is 1. The highest BCUT2D eigenvalue weighted by Gasteiger charge is 2.32. The van der Waals surface area contributed by atoms with Crippen molar-refractivity contribution < 1.29 is 5.11 Å². The minimum atomic E-state index is 0.337. The molecule has 2 nitrogen and oxygen atoms in total. The number of phenols is 1. The zero-order valence-corrected chi connectivity index (χ0v) is 23.7. The van der Waals surface area contributed by atoms with Gasteiger partial charge in [0.1, 0.15) is 5.75 Å². The SMILES string of the molecule is CC.CCC.CCl.Oc1ccc2c(c1)CCC(c1ccccc1)C2c1ccc(C2CCNCC2)cc1. The molecule has 2 aliphatic rings. The van der Waals surface area contributed by atoms with Gasteiger partial charge in [-0.2, -0.15) is 0 Å². The average molecular weight is 508 g/mol. The van der Waals surface area contributed by atoms with Crippen LogP contribution in [0.2, 0.25) is 0 Å². The zero-order valence-electron chi connectivity index (χ0n) is 22.9. The number of aromatic hydroxyl groups is 1.